The molecule has 2 unspecified atom stereocenters. The molecule has 2 fully saturated rings. The number of carboxylic acid groups (broad SMARTS) is 2. The van der Waals surface area contributed by atoms with Gasteiger partial charge in [0.25, 0.3) is 11.8 Å². The summed E-state index contributed by atoms with van der Waals surface area (Å²) in [5.41, 5.74) is 7.41. The van der Waals surface area contributed by atoms with Crippen molar-refractivity contribution in [3.63, 3.8) is 0 Å². The lowest BCUT2D eigenvalue weighted by Gasteiger charge is -2.44. The average molecular weight is 1100 g/mol. The van der Waals surface area contributed by atoms with E-state index >= 15 is 0 Å². The summed E-state index contributed by atoms with van der Waals surface area (Å²) in [6, 6.07) is 11.5. The molecule has 77 heavy (non-hydrogen) atoms. The molecule has 23 heteroatoms. The number of hydrogen-bond acceptors (Lipinski definition) is 16. The third kappa shape index (κ3) is 16.5. The van der Waals surface area contributed by atoms with Crippen molar-refractivity contribution < 1.29 is 77.8 Å². The number of rotatable bonds is 26. The third-order valence-corrected chi connectivity index (χ3v) is 15.6. The molecule has 424 valence electrons. The van der Waals surface area contributed by atoms with Crippen LogP contribution in [0.2, 0.25) is 0 Å². The van der Waals surface area contributed by atoms with Crippen molar-refractivity contribution >= 4 is 58.6 Å². The van der Waals surface area contributed by atoms with Crippen LogP contribution in [0.25, 0.3) is 0 Å². The Morgan fingerprint density at radius 3 is 2.26 bits per heavy atom. The van der Waals surface area contributed by atoms with Gasteiger partial charge in [0, 0.05) is 62.8 Å². The predicted octanol–water partition coefficient (Wildman–Crippen LogP) is 3.36. The number of quaternary nitrogens is 1. The monoisotopic (exact) mass is 1100 g/mol. The van der Waals surface area contributed by atoms with Crippen molar-refractivity contribution in [2.24, 2.45) is 23.5 Å². The van der Waals surface area contributed by atoms with Gasteiger partial charge < -0.3 is 70.8 Å². The van der Waals surface area contributed by atoms with Crippen molar-refractivity contribution in [1.82, 2.24) is 20.5 Å². The molecule has 4 amide bonds. The molecule has 13 atom stereocenters. The zero-order valence-corrected chi connectivity index (χ0v) is 45.9. The van der Waals surface area contributed by atoms with E-state index in [-0.39, 0.29) is 77.6 Å². The van der Waals surface area contributed by atoms with E-state index in [1.807, 2.05) is 65.1 Å². The van der Waals surface area contributed by atoms with Crippen LogP contribution < -0.4 is 26.4 Å². The number of anilines is 1. The molecule has 2 aliphatic rings. The maximum absolute atomic E-state index is 14.9. The number of aromatic nitrogens is 1. The van der Waals surface area contributed by atoms with Gasteiger partial charge in [0.2, 0.25) is 18.1 Å². The normalized spacial score (nSPS) is 23.8. The molecule has 0 radical (unpaired) electrons. The number of nitrogens with two attached hydrogens (primary N) is 1. The Bertz CT molecular complexity index is 2520. The first kappa shape index (κ1) is 61.8. The number of amides is 4. The number of aliphatic hydroxyl groups is 3. The number of benzene rings is 2. The van der Waals surface area contributed by atoms with Gasteiger partial charge in [0.05, 0.1) is 25.2 Å². The van der Waals surface area contributed by atoms with Gasteiger partial charge in [-0.25, -0.2) is 9.78 Å². The van der Waals surface area contributed by atoms with E-state index in [2.05, 4.69) is 20.9 Å². The molecule has 22 nitrogen and oxygen atoms in total. The minimum absolute atomic E-state index is 0.0249. The second-order valence-electron chi connectivity index (χ2n) is 21.0. The molecular formula is C54H78N7O15S+. The lowest BCUT2D eigenvalue weighted by atomic mass is 9.92. The van der Waals surface area contributed by atoms with Crippen molar-refractivity contribution in [3.8, 4) is 5.75 Å². The van der Waals surface area contributed by atoms with Gasteiger partial charge >= 0.3 is 17.9 Å². The van der Waals surface area contributed by atoms with Crippen LogP contribution in [0.1, 0.15) is 119 Å². The summed E-state index contributed by atoms with van der Waals surface area (Å²) in [7, 11) is 3.60. The van der Waals surface area contributed by atoms with Crippen LogP contribution in [0.5, 0.6) is 5.75 Å². The van der Waals surface area contributed by atoms with Crippen LogP contribution in [0.3, 0.4) is 0 Å². The topological polar surface area (TPSA) is 327 Å². The number of carboxylic acids is 2. The number of thiazole rings is 1. The molecular weight excluding hydrogens is 1020 g/mol. The fraction of sp³-hybridized carbons (Fsp3) is 0.593. The zero-order chi connectivity index (χ0) is 56.9. The molecule has 3 heterocycles. The number of carbonyl (C=O) groups is 7. The van der Waals surface area contributed by atoms with Gasteiger partial charge in [0.1, 0.15) is 47.3 Å². The molecule has 0 saturated carbocycles. The van der Waals surface area contributed by atoms with Gasteiger partial charge in [-0.1, -0.05) is 71.4 Å². The molecule has 0 spiro atoms. The largest absolute Gasteiger partial charge is 0.481 e. The highest BCUT2D eigenvalue weighted by Gasteiger charge is 2.49. The summed E-state index contributed by atoms with van der Waals surface area (Å²) >= 11 is 1.12. The number of nitrogens with one attached hydrogen (secondary N) is 3. The molecule has 10 N–H and O–H groups in total. The van der Waals surface area contributed by atoms with Crippen molar-refractivity contribution in [2.75, 3.05) is 32.5 Å². The third-order valence-electron chi connectivity index (χ3n) is 14.6. The summed E-state index contributed by atoms with van der Waals surface area (Å²) < 4.78 is 17.3. The maximum atomic E-state index is 14.9. The van der Waals surface area contributed by atoms with E-state index in [1.54, 1.807) is 36.4 Å². The first-order valence-electron chi connectivity index (χ1n) is 26.2. The second kappa shape index (κ2) is 28.0. The van der Waals surface area contributed by atoms with E-state index in [1.165, 1.54) is 13.0 Å². The van der Waals surface area contributed by atoms with Crippen molar-refractivity contribution in [1.29, 1.82) is 0 Å². The highest BCUT2D eigenvalue weighted by molar-refractivity contribution is 7.09. The van der Waals surface area contributed by atoms with E-state index in [0.717, 1.165) is 29.7 Å². The summed E-state index contributed by atoms with van der Waals surface area (Å²) in [5.74, 6) is -6.13. The lowest BCUT2D eigenvalue weighted by molar-refractivity contribution is -0.942. The molecule has 5 rings (SSSR count). The van der Waals surface area contributed by atoms with E-state index in [0.29, 0.717) is 36.4 Å². The highest BCUT2D eigenvalue weighted by atomic mass is 32.1. The first-order chi connectivity index (χ1) is 36.4. The number of likely N-dealkylation sites (N-methyl/N-ethyl adjacent to an activating group) is 2. The van der Waals surface area contributed by atoms with E-state index in [4.69, 9.17) is 19.9 Å². The van der Waals surface area contributed by atoms with Gasteiger partial charge in [-0.05, 0) is 61.3 Å². The Morgan fingerprint density at radius 2 is 1.64 bits per heavy atom. The summed E-state index contributed by atoms with van der Waals surface area (Å²) in [6.45, 7) is 11.4. The fourth-order valence-corrected chi connectivity index (χ4v) is 10.9. The molecule has 1 aromatic heterocycles. The Hall–Kier alpha value is -6.08. The molecule has 3 aromatic rings. The molecule has 2 aliphatic heterocycles. The number of likely N-dealkylation sites (tertiary alicyclic amines) is 1. The Morgan fingerprint density at radius 1 is 0.935 bits per heavy atom. The summed E-state index contributed by atoms with van der Waals surface area (Å²) in [5, 5.41) is 61.2. The fourth-order valence-electron chi connectivity index (χ4n) is 10.0. The first-order valence-corrected chi connectivity index (χ1v) is 27.1. The average Bonchev–Trinajstić information content (AvgIpc) is 3.89. The number of piperidine rings is 1. The van der Waals surface area contributed by atoms with Crippen LogP contribution in [0.15, 0.2) is 53.9 Å². The quantitative estimate of drug-likeness (QED) is 0.0411. The molecule has 2 saturated heterocycles. The summed E-state index contributed by atoms with van der Waals surface area (Å²) in [6.07, 6.45) is -7.18. The van der Waals surface area contributed by atoms with Gasteiger partial charge in [-0.2, -0.15) is 0 Å². The smallest absolute Gasteiger partial charge is 0.335 e. The predicted molar refractivity (Wildman–Crippen MR) is 283 cm³/mol. The second-order valence-corrected chi connectivity index (χ2v) is 21.9. The molecule has 0 aliphatic carbocycles. The molecule has 0 bridgehead atoms. The number of hydrogen-bond donors (Lipinski definition) is 9. The Balaban J connectivity index is 1.35. The van der Waals surface area contributed by atoms with Gasteiger partial charge in [-0.15, -0.1) is 11.3 Å². The van der Waals surface area contributed by atoms with Crippen molar-refractivity contribution in [3.05, 3.63) is 75.7 Å². The standard InChI is InChI=1S/C54H77N7O15S/c1-9-30(4)43(51(69)60(7)38(29(2)3)26-41(74-32(6)62)50-58-37(28-77-50)48(67)56-35(23-31(5)52(70)71)24-33-15-11-10-12-16-33)59-49(68)39-17-13-14-22-61(39,8)27-34-18-19-40(36(25-34)57-42(63)20-21-55)75-54-46(66)44(64)45(65)47(76-54)53(72)73/h10-12,15-16,18-19,25,28-31,35,38-39,41,43-47,54,64-66H,9,13-14,17,20-24,26-27,55H2,1-8H3,(H4-,56,57,59,63,67,68,70,71,72,73)/p+1/t30?,31-,35+,38+,39+,41+,43-,44-,45-,46+,47-,54+,61?/m0/s1. The Labute approximate surface area is 453 Å². The molecule has 2 aromatic carbocycles. The summed E-state index contributed by atoms with van der Waals surface area (Å²) in [4.78, 5) is 98.6. The van der Waals surface area contributed by atoms with Crippen LogP contribution in [-0.4, -0.2) is 163 Å². The van der Waals surface area contributed by atoms with Crippen LogP contribution >= 0.6 is 11.3 Å². The number of carbonyl (C=O) groups excluding carboxylic acids is 5. The number of nitrogens with zero attached hydrogens (tertiary/aromatic N) is 3. The number of aliphatic hydroxyl groups excluding tert-OH is 3. The van der Waals surface area contributed by atoms with E-state index in [9.17, 15) is 59.1 Å². The SMILES string of the molecule is CCC(C)[C@H](NC(=O)[C@H]1CCCC[N+]1(C)Cc1ccc(O[C@@H]2O[C@H](C(=O)O)[C@@H](O)[C@H](O)[C@H]2O)c(NC(=O)CCN)c1)C(=O)N(C)[C@H](C[C@@H](OC(C)=O)c1nc(C(=O)N[C@@H](Cc2ccccc2)C[C@H](C)C(=O)O)cs1)C(C)C. The highest BCUT2D eigenvalue weighted by Crippen LogP contribution is 2.35. The number of aliphatic carboxylic acids is 2. The zero-order valence-electron chi connectivity index (χ0n) is 45.1. The van der Waals surface area contributed by atoms with Gasteiger partial charge in [-0.3, -0.25) is 28.8 Å². The minimum Gasteiger partial charge on any atom is -0.481 e. The maximum Gasteiger partial charge on any atom is 0.335 e. The minimum atomic E-state index is -1.95. The van der Waals surface area contributed by atoms with Crippen LogP contribution in [-0.2, 0) is 51.2 Å². The lowest BCUT2D eigenvalue weighted by Crippen LogP contribution is -2.63. The Kier molecular flexibility index (Phi) is 22.5. The number of ether oxygens (including phenoxy) is 3. The van der Waals surface area contributed by atoms with Gasteiger partial charge in [0.15, 0.2) is 18.2 Å². The number of esters is 1. The van der Waals surface area contributed by atoms with Crippen LogP contribution in [0, 0.1) is 17.8 Å². The van der Waals surface area contributed by atoms with Crippen LogP contribution in [0.4, 0.5) is 5.69 Å². The van der Waals surface area contributed by atoms with Crippen molar-refractivity contribution in [2.45, 2.75) is 160 Å². The van der Waals surface area contributed by atoms with E-state index < -0.39 is 96.6 Å².